The number of carbonyl (C=O) groups is 1. The van der Waals surface area contributed by atoms with Crippen LogP contribution in [-0.4, -0.2) is 23.3 Å². The monoisotopic (exact) mass is 236 g/mol. The first-order valence-electron chi connectivity index (χ1n) is 4.94. The fourth-order valence-corrected chi connectivity index (χ4v) is 2.23. The zero-order valence-electron chi connectivity index (χ0n) is 8.90. The van der Waals surface area contributed by atoms with Gasteiger partial charge in [-0.2, -0.15) is 5.10 Å². The minimum Gasteiger partial charge on any atom is -0.469 e. The molecule has 0 fully saturated rings. The maximum atomic E-state index is 11.1. The second kappa shape index (κ2) is 4.94. The second-order valence-corrected chi connectivity index (χ2v) is 4.27. The van der Waals surface area contributed by atoms with Crippen molar-refractivity contribution < 1.29 is 9.53 Å². The lowest BCUT2D eigenvalue weighted by Crippen LogP contribution is -2.01. The Bertz CT molecular complexity index is 462. The predicted molar refractivity (Wildman–Crippen MR) is 62.2 cm³/mol. The third kappa shape index (κ3) is 2.30. The van der Waals surface area contributed by atoms with Gasteiger partial charge < -0.3 is 4.74 Å². The van der Waals surface area contributed by atoms with Crippen LogP contribution in [0.2, 0.25) is 0 Å². The van der Waals surface area contributed by atoms with E-state index in [1.54, 1.807) is 17.5 Å². The van der Waals surface area contributed by atoms with Gasteiger partial charge in [0.25, 0.3) is 0 Å². The first kappa shape index (κ1) is 10.9. The van der Waals surface area contributed by atoms with Gasteiger partial charge in [0.05, 0.1) is 23.9 Å². The first-order chi connectivity index (χ1) is 7.81. The number of hydrogen-bond donors (Lipinski definition) is 1. The molecule has 2 aromatic rings. The van der Waals surface area contributed by atoms with E-state index in [1.165, 1.54) is 7.11 Å². The SMILES string of the molecule is COC(=O)CCc1cn[nH]c1-c1cccs1. The fourth-order valence-electron chi connectivity index (χ4n) is 1.47. The predicted octanol–water partition coefficient (Wildman–Crippen LogP) is 2.24. The van der Waals surface area contributed by atoms with Crippen LogP contribution in [0.3, 0.4) is 0 Å². The zero-order valence-corrected chi connectivity index (χ0v) is 9.71. The van der Waals surface area contributed by atoms with E-state index in [-0.39, 0.29) is 5.97 Å². The quantitative estimate of drug-likeness (QED) is 0.828. The fraction of sp³-hybridized carbons (Fsp3) is 0.273. The number of H-pyrrole nitrogens is 1. The summed E-state index contributed by atoms with van der Waals surface area (Å²) >= 11 is 1.65. The molecule has 0 saturated carbocycles. The Morgan fingerprint density at radius 2 is 2.50 bits per heavy atom. The van der Waals surface area contributed by atoms with Crippen LogP contribution in [0.4, 0.5) is 0 Å². The van der Waals surface area contributed by atoms with Gasteiger partial charge in [-0.1, -0.05) is 6.07 Å². The number of esters is 1. The molecule has 0 aliphatic rings. The largest absolute Gasteiger partial charge is 0.469 e. The second-order valence-electron chi connectivity index (χ2n) is 3.32. The Kier molecular flexibility index (Phi) is 3.36. The van der Waals surface area contributed by atoms with Crippen LogP contribution < -0.4 is 0 Å². The highest BCUT2D eigenvalue weighted by molar-refractivity contribution is 7.13. The summed E-state index contributed by atoms with van der Waals surface area (Å²) in [5.74, 6) is -0.196. The summed E-state index contributed by atoms with van der Waals surface area (Å²) in [5.41, 5.74) is 2.05. The molecule has 0 aromatic carbocycles. The van der Waals surface area contributed by atoms with Crippen molar-refractivity contribution in [3.8, 4) is 10.6 Å². The summed E-state index contributed by atoms with van der Waals surface area (Å²) in [6, 6.07) is 4.02. The van der Waals surface area contributed by atoms with Crippen molar-refractivity contribution in [2.24, 2.45) is 0 Å². The van der Waals surface area contributed by atoms with Crippen molar-refractivity contribution in [2.75, 3.05) is 7.11 Å². The average Bonchev–Trinajstić information content (AvgIpc) is 2.95. The molecule has 5 heteroatoms. The summed E-state index contributed by atoms with van der Waals surface area (Å²) in [6.07, 6.45) is 2.79. The number of thiophene rings is 1. The molecule has 1 N–H and O–H groups in total. The third-order valence-corrected chi connectivity index (χ3v) is 3.20. The van der Waals surface area contributed by atoms with Gasteiger partial charge in [0.2, 0.25) is 0 Å². The molecule has 0 unspecified atom stereocenters. The average molecular weight is 236 g/mol. The van der Waals surface area contributed by atoms with E-state index in [1.807, 2.05) is 17.5 Å². The number of hydrogen-bond acceptors (Lipinski definition) is 4. The topological polar surface area (TPSA) is 55.0 Å². The standard InChI is InChI=1S/C11H12N2O2S/c1-15-10(14)5-4-8-7-12-13-11(8)9-3-2-6-16-9/h2-3,6-7H,4-5H2,1H3,(H,12,13). The highest BCUT2D eigenvalue weighted by Gasteiger charge is 2.10. The summed E-state index contributed by atoms with van der Waals surface area (Å²) in [7, 11) is 1.40. The molecular formula is C11H12N2O2S. The van der Waals surface area contributed by atoms with Gasteiger partial charge in [-0.3, -0.25) is 9.89 Å². The number of rotatable bonds is 4. The number of carbonyl (C=O) groups excluding carboxylic acids is 1. The highest BCUT2D eigenvalue weighted by Crippen LogP contribution is 2.26. The van der Waals surface area contributed by atoms with Crippen LogP contribution in [0.5, 0.6) is 0 Å². The van der Waals surface area contributed by atoms with Crippen LogP contribution in [-0.2, 0) is 16.0 Å². The molecule has 0 atom stereocenters. The van der Waals surface area contributed by atoms with Gasteiger partial charge in [0.1, 0.15) is 0 Å². The van der Waals surface area contributed by atoms with Crippen molar-refractivity contribution in [3.05, 3.63) is 29.3 Å². The lowest BCUT2D eigenvalue weighted by molar-refractivity contribution is -0.140. The van der Waals surface area contributed by atoms with E-state index in [0.29, 0.717) is 12.8 Å². The van der Waals surface area contributed by atoms with E-state index >= 15 is 0 Å². The van der Waals surface area contributed by atoms with E-state index < -0.39 is 0 Å². The number of nitrogens with zero attached hydrogens (tertiary/aromatic N) is 1. The van der Waals surface area contributed by atoms with Crippen molar-refractivity contribution >= 4 is 17.3 Å². The maximum absolute atomic E-state index is 11.1. The summed E-state index contributed by atoms with van der Waals surface area (Å²) in [6.45, 7) is 0. The zero-order chi connectivity index (χ0) is 11.4. The maximum Gasteiger partial charge on any atom is 0.305 e. The summed E-state index contributed by atoms with van der Waals surface area (Å²) < 4.78 is 4.61. The minimum absolute atomic E-state index is 0.196. The number of methoxy groups -OCH3 is 1. The van der Waals surface area contributed by atoms with Crippen LogP contribution in [0, 0.1) is 0 Å². The molecule has 84 valence electrons. The Balaban J connectivity index is 2.11. The normalized spacial score (nSPS) is 10.3. The van der Waals surface area contributed by atoms with Gasteiger partial charge in [-0.15, -0.1) is 11.3 Å². The smallest absolute Gasteiger partial charge is 0.305 e. The lowest BCUT2D eigenvalue weighted by atomic mass is 10.1. The third-order valence-electron chi connectivity index (χ3n) is 2.31. The van der Waals surface area contributed by atoms with Crippen molar-refractivity contribution in [3.63, 3.8) is 0 Å². The molecule has 2 rings (SSSR count). The number of aromatic amines is 1. The summed E-state index contributed by atoms with van der Waals surface area (Å²) in [5, 5.41) is 8.98. The van der Waals surface area contributed by atoms with Crippen LogP contribution in [0.1, 0.15) is 12.0 Å². The van der Waals surface area contributed by atoms with Crippen LogP contribution in [0.25, 0.3) is 10.6 Å². The first-order valence-corrected chi connectivity index (χ1v) is 5.82. The minimum atomic E-state index is -0.196. The van der Waals surface area contributed by atoms with Crippen molar-refractivity contribution in [1.29, 1.82) is 0 Å². The van der Waals surface area contributed by atoms with E-state index in [2.05, 4.69) is 14.9 Å². The Labute approximate surface area is 97.3 Å². The van der Waals surface area contributed by atoms with Gasteiger partial charge in [-0.05, 0) is 23.4 Å². The summed E-state index contributed by atoms with van der Waals surface area (Å²) in [4.78, 5) is 12.2. The molecule has 4 nitrogen and oxygen atoms in total. The van der Waals surface area contributed by atoms with E-state index in [4.69, 9.17) is 0 Å². The molecule has 2 aromatic heterocycles. The molecule has 2 heterocycles. The molecule has 16 heavy (non-hydrogen) atoms. The lowest BCUT2D eigenvalue weighted by Gasteiger charge is -2.00. The Hall–Kier alpha value is -1.62. The number of aryl methyl sites for hydroxylation is 1. The van der Waals surface area contributed by atoms with Gasteiger partial charge >= 0.3 is 5.97 Å². The van der Waals surface area contributed by atoms with E-state index in [0.717, 1.165) is 16.1 Å². The molecule has 0 radical (unpaired) electrons. The van der Waals surface area contributed by atoms with E-state index in [9.17, 15) is 4.79 Å². The van der Waals surface area contributed by atoms with Gasteiger partial charge in [0.15, 0.2) is 0 Å². The number of aromatic nitrogens is 2. The van der Waals surface area contributed by atoms with Crippen molar-refractivity contribution in [2.45, 2.75) is 12.8 Å². The van der Waals surface area contributed by atoms with Gasteiger partial charge in [0, 0.05) is 6.42 Å². The Morgan fingerprint density at radius 1 is 1.62 bits per heavy atom. The van der Waals surface area contributed by atoms with Crippen molar-refractivity contribution in [1.82, 2.24) is 10.2 Å². The van der Waals surface area contributed by atoms with Gasteiger partial charge in [-0.25, -0.2) is 0 Å². The molecule has 0 aliphatic carbocycles. The molecular weight excluding hydrogens is 224 g/mol. The molecule has 0 spiro atoms. The Morgan fingerprint density at radius 3 is 3.19 bits per heavy atom. The van der Waals surface area contributed by atoms with Crippen LogP contribution in [0.15, 0.2) is 23.7 Å². The molecule has 0 aliphatic heterocycles. The number of ether oxygens (including phenoxy) is 1. The molecule has 0 amide bonds. The molecule has 0 saturated heterocycles. The highest BCUT2D eigenvalue weighted by atomic mass is 32.1. The molecule has 0 bridgehead atoms. The van der Waals surface area contributed by atoms with Crippen LogP contribution >= 0.6 is 11.3 Å². The number of nitrogens with one attached hydrogen (secondary N) is 1.